The van der Waals surface area contributed by atoms with Crippen molar-refractivity contribution in [2.24, 2.45) is 5.92 Å². The summed E-state index contributed by atoms with van der Waals surface area (Å²) in [6.07, 6.45) is 35.1. The van der Waals surface area contributed by atoms with Crippen molar-refractivity contribution in [1.82, 2.24) is 9.80 Å². The monoisotopic (exact) mass is 769 g/mol. The van der Waals surface area contributed by atoms with Crippen LogP contribution in [0.1, 0.15) is 214 Å². The van der Waals surface area contributed by atoms with Crippen LogP contribution in [0.3, 0.4) is 0 Å². The van der Waals surface area contributed by atoms with E-state index in [1.807, 2.05) is 18.7 Å². The van der Waals surface area contributed by atoms with Crippen LogP contribution in [0.4, 0.5) is 0 Å². The molecule has 0 saturated carbocycles. The Labute approximate surface area is 335 Å². The average Bonchev–Trinajstić information content (AvgIpc) is 3.14. The summed E-state index contributed by atoms with van der Waals surface area (Å²) < 4.78 is 11.7. The van der Waals surface area contributed by atoms with Crippen molar-refractivity contribution in [1.29, 1.82) is 0 Å². The first-order valence-electron chi connectivity index (χ1n) is 23.1. The predicted molar refractivity (Wildman–Crippen MR) is 233 cm³/mol. The zero-order chi connectivity index (χ0) is 39.0. The van der Waals surface area contributed by atoms with Gasteiger partial charge in [0.2, 0.25) is 0 Å². The third-order valence-electron chi connectivity index (χ3n) is 10.6. The molecule has 53 heavy (non-hydrogen) atoms. The van der Waals surface area contributed by atoms with E-state index in [2.05, 4.69) is 44.7 Å². The largest absolute Gasteiger partial charge is 0.465 e. The second kappa shape index (κ2) is 40.9. The summed E-state index contributed by atoms with van der Waals surface area (Å²) in [4.78, 5) is 30.1. The lowest BCUT2D eigenvalue weighted by Crippen LogP contribution is -2.33. The van der Waals surface area contributed by atoms with Gasteiger partial charge in [0.1, 0.15) is 6.10 Å². The molecule has 0 aromatic heterocycles. The minimum atomic E-state index is -0.0267. The van der Waals surface area contributed by atoms with E-state index in [9.17, 15) is 9.59 Å². The first-order chi connectivity index (χ1) is 25.8. The molecule has 0 aliphatic heterocycles. The van der Waals surface area contributed by atoms with E-state index < -0.39 is 0 Å². The number of rotatable bonds is 42. The van der Waals surface area contributed by atoms with E-state index in [1.165, 1.54) is 135 Å². The Balaban J connectivity index is 4.18. The van der Waals surface area contributed by atoms with Gasteiger partial charge < -0.3 is 19.3 Å². The van der Waals surface area contributed by atoms with Crippen molar-refractivity contribution in [3.8, 4) is 0 Å². The fourth-order valence-electron chi connectivity index (χ4n) is 6.87. The van der Waals surface area contributed by atoms with Crippen molar-refractivity contribution in [3.05, 3.63) is 0 Å². The van der Waals surface area contributed by atoms with Crippen molar-refractivity contribution < 1.29 is 19.1 Å². The van der Waals surface area contributed by atoms with Crippen LogP contribution < -0.4 is 0 Å². The van der Waals surface area contributed by atoms with E-state index >= 15 is 0 Å². The Bertz CT molecular complexity index is 767. The summed E-state index contributed by atoms with van der Waals surface area (Å²) in [5.41, 5.74) is 0. The smallest absolute Gasteiger partial charge is 0.309 e. The number of likely N-dealkylation sites (N-methyl/N-ethyl adjacent to an activating group) is 1. The van der Waals surface area contributed by atoms with Crippen LogP contribution in [0.25, 0.3) is 0 Å². The number of nitrogens with zero attached hydrogens (tertiary/aromatic N) is 2. The van der Waals surface area contributed by atoms with Gasteiger partial charge in [-0.1, -0.05) is 143 Å². The molecule has 1 atom stereocenters. The molecule has 0 heterocycles. The molecule has 0 rings (SSSR count). The van der Waals surface area contributed by atoms with E-state index in [-0.39, 0.29) is 24.0 Å². The maximum absolute atomic E-state index is 12.8. The van der Waals surface area contributed by atoms with Crippen molar-refractivity contribution in [3.63, 3.8) is 0 Å². The van der Waals surface area contributed by atoms with Gasteiger partial charge in [-0.25, -0.2) is 0 Å². The molecule has 0 spiro atoms. The molecule has 0 bridgehead atoms. The van der Waals surface area contributed by atoms with Crippen LogP contribution in [-0.4, -0.2) is 86.2 Å². The number of unbranched alkanes of at least 4 members (excludes halogenated alkanes) is 21. The first-order valence-corrected chi connectivity index (χ1v) is 24.3. The maximum Gasteiger partial charge on any atom is 0.309 e. The summed E-state index contributed by atoms with van der Waals surface area (Å²) in [5.74, 6) is 2.02. The molecule has 0 N–H and O–H groups in total. The average molecular weight is 769 g/mol. The van der Waals surface area contributed by atoms with E-state index in [1.54, 1.807) is 0 Å². The molecule has 0 aliphatic carbocycles. The summed E-state index contributed by atoms with van der Waals surface area (Å²) in [7, 11) is 4.30. The molecule has 316 valence electrons. The van der Waals surface area contributed by atoms with Gasteiger partial charge in [0.15, 0.2) is 0 Å². The topological polar surface area (TPSA) is 59.1 Å². The zero-order valence-electron chi connectivity index (χ0n) is 36.5. The number of ether oxygens (including phenoxy) is 2. The summed E-state index contributed by atoms with van der Waals surface area (Å²) in [6, 6.07) is 0. The van der Waals surface area contributed by atoms with Crippen LogP contribution in [0.5, 0.6) is 0 Å². The standard InChI is InChI=1S/C46H92N2O4S/c1-7-10-13-16-20-26-33-44(34-27-21-17-14-11-8-2)52-45(49)35-28-22-19-23-29-36-48(39-38-47(5)6)37-30-25-31-40-51-46(50)43(4)42-53-41-32-24-18-15-12-9-3/h43-44H,7-42H2,1-6H3. The van der Waals surface area contributed by atoms with Crippen molar-refractivity contribution in [2.45, 2.75) is 220 Å². The normalized spacial score (nSPS) is 12.3. The summed E-state index contributed by atoms with van der Waals surface area (Å²) >= 11 is 1.90. The highest BCUT2D eigenvalue weighted by atomic mass is 32.2. The SMILES string of the molecule is CCCCCCCCSCC(C)C(=O)OCCCCCN(CCCCCCCC(=O)OC(CCCCCCCC)CCCCCCCC)CCN(C)C. The molecule has 7 heteroatoms. The second-order valence-electron chi connectivity index (χ2n) is 16.4. The molecular weight excluding hydrogens is 677 g/mol. The molecule has 0 radical (unpaired) electrons. The van der Waals surface area contributed by atoms with Gasteiger partial charge in [0, 0.05) is 25.3 Å². The van der Waals surface area contributed by atoms with Crippen LogP contribution in [-0.2, 0) is 19.1 Å². The maximum atomic E-state index is 12.8. The molecule has 6 nitrogen and oxygen atoms in total. The number of hydrogen-bond acceptors (Lipinski definition) is 7. The molecule has 0 saturated heterocycles. The molecular formula is C46H92N2O4S. The first kappa shape index (κ1) is 52.2. The van der Waals surface area contributed by atoms with Gasteiger partial charge in [0.05, 0.1) is 12.5 Å². The lowest BCUT2D eigenvalue weighted by atomic mass is 10.0. The minimum Gasteiger partial charge on any atom is -0.465 e. The molecule has 0 fully saturated rings. The highest BCUT2D eigenvalue weighted by Crippen LogP contribution is 2.19. The van der Waals surface area contributed by atoms with Crippen molar-refractivity contribution >= 4 is 23.7 Å². The number of carbonyl (C=O) groups is 2. The third-order valence-corrected chi connectivity index (χ3v) is 11.9. The Morgan fingerprint density at radius 1 is 0.547 bits per heavy atom. The number of thioether (sulfide) groups is 1. The Kier molecular flexibility index (Phi) is 40.3. The van der Waals surface area contributed by atoms with Gasteiger partial charge >= 0.3 is 11.9 Å². The van der Waals surface area contributed by atoms with Gasteiger partial charge in [-0.15, -0.1) is 0 Å². The van der Waals surface area contributed by atoms with Gasteiger partial charge in [-0.3, -0.25) is 9.59 Å². The van der Waals surface area contributed by atoms with Gasteiger partial charge in [0.25, 0.3) is 0 Å². The molecule has 1 unspecified atom stereocenters. The van der Waals surface area contributed by atoms with E-state index in [0.717, 1.165) is 82.6 Å². The molecule has 0 aromatic carbocycles. The Morgan fingerprint density at radius 3 is 1.57 bits per heavy atom. The number of carbonyl (C=O) groups excluding carboxylic acids is 2. The van der Waals surface area contributed by atoms with Crippen LogP contribution >= 0.6 is 11.8 Å². The molecule has 0 aromatic rings. The lowest BCUT2D eigenvalue weighted by molar-refractivity contribution is -0.150. The van der Waals surface area contributed by atoms with Gasteiger partial charge in [-0.05, 0) is 97.1 Å². The predicted octanol–water partition coefficient (Wildman–Crippen LogP) is 13.0. The summed E-state index contributed by atoms with van der Waals surface area (Å²) in [6.45, 7) is 13.8. The fourth-order valence-corrected chi connectivity index (χ4v) is 7.93. The minimum absolute atomic E-state index is 0.0118. The molecule has 0 aliphatic rings. The number of esters is 2. The summed E-state index contributed by atoms with van der Waals surface area (Å²) in [5, 5.41) is 0. The number of hydrogen-bond donors (Lipinski definition) is 0. The quantitative estimate of drug-likeness (QED) is 0.0453. The van der Waals surface area contributed by atoms with Crippen molar-refractivity contribution in [2.75, 3.05) is 58.4 Å². The Hall–Kier alpha value is -0.790. The van der Waals surface area contributed by atoms with E-state index in [0.29, 0.717) is 13.0 Å². The highest BCUT2D eigenvalue weighted by molar-refractivity contribution is 7.99. The van der Waals surface area contributed by atoms with Crippen LogP contribution in [0.2, 0.25) is 0 Å². The third kappa shape index (κ3) is 37.9. The zero-order valence-corrected chi connectivity index (χ0v) is 37.4. The Morgan fingerprint density at radius 2 is 1.02 bits per heavy atom. The van der Waals surface area contributed by atoms with E-state index in [4.69, 9.17) is 9.47 Å². The second-order valence-corrected chi connectivity index (χ2v) is 17.5. The fraction of sp³-hybridized carbons (Fsp3) is 0.957. The van der Waals surface area contributed by atoms with Gasteiger partial charge in [-0.2, -0.15) is 11.8 Å². The van der Waals surface area contributed by atoms with Crippen LogP contribution in [0, 0.1) is 5.92 Å². The lowest BCUT2D eigenvalue weighted by Gasteiger charge is -2.24. The van der Waals surface area contributed by atoms with Crippen LogP contribution in [0.15, 0.2) is 0 Å². The highest BCUT2D eigenvalue weighted by Gasteiger charge is 2.16. The molecule has 0 amide bonds.